The molecule has 2 aliphatic rings. The lowest BCUT2D eigenvalue weighted by Gasteiger charge is -2.23. The Labute approximate surface area is 108 Å². The summed E-state index contributed by atoms with van der Waals surface area (Å²) in [6.45, 7) is 2.85. The first-order valence-electron chi connectivity index (χ1n) is 6.77. The average molecular weight is 247 g/mol. The van der Waals surface area contributed by atoms with Crippen LogP contribution in [0.15, 0.2) is 24.3 Å². The van der Waals surface area contributed by atoms with Crippen LogP contribution in [0, 0.1) is 0 Å². The van der Waals surface area contributed by atoms with E-state index in [1.54, 1.807) is 0 Å². The number of likely N-dealkylation sites (N-methyl/N-ethyl adjacent to an activating group) is 1. The van der Waals surface area contributed by atoms with E-state index in [9.17, 15) is 5.11 Å². The molecule has 3 nitrogen and oxygen atoms in total. The third-order valence-electron chi connectivity index (χ3n) is 4.10. The van der Waals surface area contributed by atoms with E-state index in [2.05, 4.69) is 18.9 Å². The lowest BCUT2D eigenvalue weighted by molar-refractivity contribution is 0.0483. The second-order valence-corrected chi connectivity index (χ2v) is 5.84. The summed E-state index contributed by atoms with van der Waals surface area (Å²) in [6, 6.07) is 8.39. The maximum Gasteiger partial charge on any atom is 0.120 e. The van der Waals surface area contributed by atoms with Crippen LogP contribution in [0.1, 0.15) is 31.7 Å². The highest BCUT2D eigenvalue weighted by Crippen LogP contribution is 2.37. The first-order chi connectivity index (χ1) is 8.57. The minimum absolute atomic E-state index is 0.403. The van der Waals surface area contributed by atoms with E-state index >= 15 is 0 Å². The molecule has 0 spiro atoms. The molecule has 18 heavy (non-hydrogen) atoms. The molecule has 1 aliphatic carbocycles. The van der Waals surface area contributed by atoms with Gasteiger partial charge < -0.3 is 14.7 Å². The lowest BCUT2D eigenvalue weighted by Crippen LogP contribution is -2.29. The first-order valence-corrected chi connectivity index (χ1v) is 6.77. The molecule has 0 aromatic heterocycles. The second-order valence-electron chi connectivity index (χ2n) is 5.84. The largest absolute Gasteiger partial charge is 0.490 e. The Balaban J connectivity index is 1.82. The van der Waals surface area contributed by atoms with Gasteiger partial charge in [-0.25, -0.2) is 0 Å². The Kier molecular flexibility index (Phi) is 2.83. The number of benzene rings is 1. The highest BCUT2D eigenvalue weighted by atomic mass is 16.5. The van der Waals surface area contributed by atoms with Crippen LogP contribution in [0.4, 0.5) is 0 Å². The fraction of sp³-hybridized carbons (Fsp3) is 0.600. The van der Waals surface area contributed by atoms with Gasteiger partial charge in [-0.2, -0.15) is 0 Å². The van der Waals surface area contributed by atoms with Gasteiger partial charge >= 0.3 is 0 Å². The molecule has 3 rings (SSSR count). The van der Waals surface area contributed by atoms with E-state index in [0.717, 1.165) is 30.6 Å². The van der Waals surface area contributed by atoms with Crippen LogP contribution in [0.3, 0.4) is 0 Å². The van der Waals surface area contributed by atoms with Crippen LogP contribution in [0.5, 0.6) is 5.75 Å². The number of aliphatic hydroxyl groups is 1. The molecule has 2 atom stereocenters. The molecule has 2 unspecified atom stereocenters. The van der Waals surface area contributed by atoms with Crippen molar-refractivity contribution in [2.45, 2.75) is 43.9 Å². The smallest absolute Gasteiger partial charge is 0.120 e. The molecule has 3 heteroatoms. The summed E-state index contributed by atoms with van der Waals surface area (Å²) in [5.74, 6) is 0.894. The van der Waals surface area contributed by atoms with Crippen molar-refractivity contribution in [2.24, 2.45) is 0 Å². The van der Waals surface area contributed by atoms with Crippen molar-refractivity contribution < 1.29 is 9.84 Å². The van der Waals surface area contributed by atoms with Crippen LogP contribution in [0.2, 0.25) is 0 Å². The molecular weight excluding hydrogens is 226 g/mol. The third-order valence-corrected chi connectivity index (χ3v) is 4.10. The van der Waals surface area contributed by atoms with Crippen molar-refractivity contribution in [1.29, 1.82) is 0 Å². The summed E-state index contributed by atoms with van der Waals surface area (Å²) >= 11 is 0. The number of likely N-dealkylation sites (tertiary alicyclic amines) is 1. The normalized spacial score (nSPS) is 32.7. The SMILES string of the molecule is CC1CC(O)(c2cccc(OC3CC3)c2)CN1C. The topological polar surface area (TPSA) is 32.7 Å². The molecule has 1 aromatic carbocycles. The van der Waals surface area contributed by atoms with Gasteiger partial charge in [0, 0.05) is 12.6 Å². The molecule has 1 saturated heterocycles. The highest BCUT2D eigenvalue weighted by molar-refractivity contribution is 5.34. The zero-order valence-electron chi connectivity index (χ0n) is 11.1. The van der Waals surface area contributed by atoms with Crippen molar-refractivity contribution in [2.75, 3.05) is 13.6 Å². The van der Waals surface area contributed by atoms with Crippen molar-refractivity contribution in [3.63, 3.8) is 0 Å². The Morgan fingerprint density at radius 2 is 2.17 bits per heavy atom. The Morgan fingerprint density at radius 3 is 2.78 bits per heavy atom. The van der Waals surface area contributed by atoms with E-state index in [1.165, 1.54) is 0 Å². The standard InChI is InChI=1S/C15H21NO2/c1-11-9-15(17,10-16(11)2)12-4-3-5-14(8-12)18-13-6-7-13/h3-5,8,11,13,17H,6-7,9-10H2,1-2H3. The quantitative estimate of drug-likeness (QED) is 0.888. The fourth-order valence-electron chi connectivity index (χ4n) is 2.72. The van der Waals surface area contributed by atoms with Gasteiger partial charge in [-0.1, -0.05) is 12.1 Å². The molecule has 1 aliphatic heterocycles. The zero-order chi connectivity index (χ0) is 12.8. The number of ether oxygens (including phenoxy) is 1. The van der Waals surface area contributed by atoms with Crippen molar-refractivity contribution in [3.05, 3.63) is 29.8 Å². The van der Waals surface area contributed by atoms with Crippen molar-refractivity contribution in [3.8, 4) is 5.75 Å². The van der Waals surface area contributed by atoms with E-state index < -0.39 is 5.60 Å². The molecule has 1 heterocycles. The number of β-amino-alcohol motifs (C(OH)–C–C–N with tert-alkyl or cyclic N) is 1. The molecule has 0 bridgehead atoms. The van der Waals surface area contributed by atoms with Crippen LogP contribution in [-0.4, -0.2) is 35.7 Å². The number of hydrogen-bond donors (Lipinski definition) is 1. The molecular formula is C15H21NO2. The summed E-state index contributed by atoms with van der Waals surface area (Å²) in [5, 5.41) is 10.8. The lowest BCUT2D eigenvalue weighted by atomic mass is 9.91. The van der Waals surface area contributed by atoms with Crippen LogP contribution in [0.25, 0.3) is 0 Å². The van der Waals surface area contributed by atoms with E-state index in [1.807, 2.05) is 24.3 Å². The van der Waals surface area contributed by atoms with E-state index in [0.29, 0.717) is 18.7 Å². The molecule has 98 valence electrons. The van der Waals surface area contributed by atoms with Gasteiger partial charge in [-0.05, 0) is 50.9 Å². The molecule has 2 fully saturated rings. The monoisotopic (exact) mass is 247 g/mol. The van der Waals surface area contributed by atoms with Crippen molar-refractivity contribution >= 4 is 0 Å². The first kappa shape index (κ1) is 12.0. The minimum Gasteiger partial charge on any atom is -0.490 e. The molecule has 0 amide bonds. The van der Waals surface area contributed by atoms with Gasteiger partial charge in [0.2, 0.25) is 0 Å². The molecule has 0 radical (unpaired) electrons. The van der Waals surface area contributed by atoms with Crippen LogP contribution >= 0.6 is 0 Å². The van der Waals surface area contributed by atoms with Crippen LogP contribution < -0.4 is 4.74 Å². The van der Waals surface area contributed by atoms with E-state index in [-0.39, 0.29) is 0 Å². The number of hydrogen-bond acceptors (Lipinski definition) is 3. The van der Waals surface area contributed by atoms with Crippen molar-refractivity contribution in [1.82, 2.24) is 4.90 Å². The van der Waals surface area contributed by atoms with E-state index in [4.69, 9.17) is 4.74 Å². The van der Waals surface area contributed by atoms with Gasteiger partial charge in [-0.3, -0.25) is 0 Å². The Hall–Kier alpha value is -1.06. The zero-order valence-corrected chi connectivity index (χ0v) is 11.1. The minimum atomic E-state index is -0.725. The maximum absolute atomic E-state index is 10.8. The Morgan fingerprint density at radius 1 is 1.39 bits per heavy atom. The van der Waals surface area contributed by atoms with Gasteiger partial charge in [0.15, 0.2) is 0 Å². The summed E-state index contributed by atoms with van der Waals surface area (Å²) in [7, 11) is 2.06. The molecule has 1 saturated carbocycles. The summed E-state index contributed by atoms with van der Waals surface area (Å²) in [4.78, 5) is 2.20. The summed E-state index contributed by atoms with van der Waals surface area (Å²) in [5.41, 5.74) is 0.258. The Bertz CT molecular complexity index is 432. The highest BCUT2D eigenvalue weighted by Gasteiger charge is 2.40. The third kappa shape index (κ3) is 2.25. The van der Waals surface area contributed by atoms with Gasteiger partial charge in [0.1, 0.15) is 11.4 Å². The average Bonchev–Trinajstić information content (AvgIpc) is 3.08. The molecule has 1 N–H and O–H groups in total. The van der Waals surface area contributed by atoms with Gasteiger partial charge in [-0.15, -0.1) is 0 Å². The van der Waals surface area contributed by atoms with Gasteiger partial charge in [0.25, 0.3) is 0 Å². The second kappa shape index (κ2) is 4.25. The molecule has 1 aromatic rings. The predicted molar refractivity (Wildman–Crippen MR) is 70.7 cm³/mol. The number of rotatable bonds is 3. The summed E-state index contributed by atoms with van der Waals surface area (Å²) < 4.78 is 5.80. The summed E-state index contributed by atoms with van der Waals surface area (Å²) in [6.07, 6.45) is 3.51. The fourth-order valence-corrected chi connectivity index (χ4v) is 2.72. The maximum atomic E-state index is 10.8. The number of nitrogens with zero attached hydrogens (tertiary/aromatic N) is 1. The predicted octanol–water partition coefficient (Wildman–Crippen LogP) is 2.14. The van der Waals surface area contributed by atoms with Gasteiger partial charge in [0.05, 0.1) is 6.10 Å². The van der Waals surface area contributed by atoms with Crippen LogP contribution in [-0.2, 0) is 5.60 Å².